The van der Waals surface area contributed by atoms with Crippen LogP contribution in [0.15, 0.2) is 12.3 Å². The van der Waals surface area contributed by atoms with Crippen LogP contribution in [0.5, 0.6) is 0 Å². The quantitative estimate of drug-likeness (QED) is 0.749. The van der Waals surface area contributed by atoms with Crippen molar-refractivity contribution in [2.75, 3.05) is 11.9 Å². The monoisotopic (exact) mass is 413 g/mol. The maximum absolute atomic E-state index is 12.4. The number of hydrogen-bond acceptors (Lipinski definition) is 5. The van der Waals surface area contributed by atoms with Gasteiger partial charge in [-0.15, -0.1) is 0 Å². The normalized spacial score (nSPS) is 21.4. The van der Waals surface area contributed by atoms with Gasteiger partial charge in [-0.05, 0) is 25.8 Å². The molecule has 9 heteroatoms. The first-order valence-corrected chi connectivity index (χ1v) is 9.72. The van der Waals surface area contributed by atoms with E-state index in [0.29, 0.717) is 11.6 Å². The number of esters is 1. The van der Waals surface area contributed by atoms with Crippen molar-refractivity contribution in [1.82, 2.24) is 9.88 Å². The molecule has 7 nitrogen and oxygen atoms in total. The molecular weight excluding hydrogens is 393 g/mol. The predicted molar refractivity (Wildman–Crippen MR) is 101 cm³/mol. The molecule has 27 heavy (non-hydrogen) atoms. The van der Waals surface area contributed by atoms with E-state index in [0.717, 1.165) is 25.7 Å². The number of likely N-dealkylation sites (tertiary alicyclic amines) is 1. The van der Waals surface area contributed by atoms with Crippen molar-refractivity contribution in [3.8, 4) is 0 Å². The number of halogens is 2. The van der Waals surface area contributed by atoms with Crippen molar-refractivity contribution in [1.29, 1.82) is 0 Å². The van der Waals surface area contributed by atoms with Gasteiger partial charge in [0.15, 0.2) is 11.9 Å². The number of amides is 2. The van der Waals surface area contributed by atoms with E-state index in [4.69, 9.17) is 27.9 Å². The number of ether oxygens (including phenoxy) is 1. The van der Waals surface area contributed by atoms with Crippen LogP contribution in [-0.4, -0.2) is 46.4 Å². The summed E-state index contributed by atoms with van der Waals surface area (Å²) in [4.78, 5) is 42.6. The fraction of sp³-hybridized carbons (Fsp3) is 0.556. The van der Waals surface area contributed by atoms with Gasteiger partial charge in [0.05, 0.1) is 16.0 Å². The highest BCUT2D eigenvalue weighted by Gasteiger charge is 2.40. The molecular formula is C18H21Cl2N3O4. The lowest BCUT2D eigenvalue weighted by Crippen LogP contribution is -2.36. The van der Waals surface area contributed by atoms with Gasteiger partial charge in [-0.25, -0.2) is 4.98 Å². The number of hydrogen-bond donors (Lipinski definition) is 1. The van der Waals surface area contributed by atoms with Crippen LogP contribution in [0.25, 0.3) is 0 Å². The van der Waals surface area contributed by atoms with Gasteiger partial charge in [0, 0.05) is 25.2 Å². The van der Waals surface area contributed by atoms with Gasteiger partial charge in [0.1, 0.15) is 0 Å². The van der Waals surface area contributed by atoms with Gasteiger partial charge < -0.3 is 15.0 Å². The number of carbonyl (C=O) groups is 3. The van der Waals surface area contributed by atoms with Crippen molar-refractivity contribution in [3.05, 3.63) is 22.3 Å². The Morgan fingerprint density at radius 2 is 2.04 bits per heavy atom. The minimum Gasteiger partial charge on any atom is -0.452 e. The van der Waals surface area contributed by atoms with Crippen molar-refractivity contribution >= 4 is 46.8 Å². The fourth-order valence-electron chi connectivity index (χ4n) is 3.51. The van der Waals surface area contributed by atoms with Crippen LogP contribution in [0.3, 0.4) is 0 Å². The number of anilines is 1. The second kappa shape index (κ2) is 8.44. The maximum Gasteiger partial charge on any atom is 0.312 e. The molecule has 1 N–H and O–H groups in total. The Kier molecular flexibility index (Phi) is 6.22. The highest BCUT2D eigenvalue weighted by molar-refractivity contribution is 6.36. The third-order valence-corrected chi connectivity index (χ3v) is 5.46. The Bertz CT molecular complexity index is 752. The molecule has 0 radical (unpaired) electrons. The van der Waals surface area contributed by atoms with Crippen LogP contribution >= 0.6 is 23.2 Å². The Balaban J connectivity index is 1.54. The van der Waals surface area contributed by atoms with E-state index in [1.807, 2.05) is 0 Å². The first-order valence-electron chi connectivity index (χ1n) is 8.97. The topological polar surface area (TPSA) is 88.6 Å². The van der Waals surface area contributed by atoms with Gasteiger partial charge in [-0.1, -0.05) is 36.0 Å². The molecule has 3 rings (SSSR count). The van der Waals surface area contributed by atoms with Crippen LogP contribution in [-0.2, 0) is 19.1 Å². The van der Waals surface area contributed by atoms with E-state index in [-0.39, 0.29) is 29.2 Å². The summed E-state index contributed by atoms with van der Waals surface area (Å²) in [5, 5.41) is 3.03. The lowest BCUT2D eigenvalue weighted by atomic mass is 10.1. The first-order chi connectivity index (χ1) is 12.8. The lowest BCUT2D eigenvalue weighted by Gasteiger charge is -2.24. The fourth-order valence-corrected chi connectivity index (χ4v) is 3.93. The lowest BCUT2D eigenvalue weighted by molar-refractivity contribution is -0.157. The van der Waals surface area contributed by atoms with Crippen LogP contribution in [0.1, 0.15) is 39.0 Å². The zero-order chi connectivity index (χ0) is 19.6. The zero-order valence-electron chi connectivity index (χ0n) is 14.9. The van der Waals surface area contributed by atoms with E-state index in [1.165, 1.54) is 19.2 Å². The molecule has 0 unspecified atom stereocenters. The minimum absolute atomic E-state index is 0.0156. The summed E-state index contributed by atoms with van der Waals surface area (Å²) in [6.45, 7) is 1.82. The Morgan fingerprint density at radius 3 is 2.70 bits per heavy atom. The third-order valence-electron chi connectivity index (χ3n) is 4.97. The summed E-state index contributed by atoms with van der Waals surface area (Å²) in [6, 6.07) is 1.68. The summed E-state index contributed by atoms with van der Waals surface area (Å²) in [5.41, 5.74) is 0. The van der Waals surface area contributed by atoms with E-state index < -0.39 is 23.9 Å². The number of nitrogens with zero attached hydrogens (tertiary/aromatic N) is 2. The molecule has 2 fully saturated rings. The van der Waals surface area contributed by atoms with Crippen molar-refractivity contribution in [2.45, 2.75) is 51.2 Å². The molecule has 1 aromatic rings. The van der Waals surface area contributed by atoms with Crippen molar-refractivity contribution in [2.24, 2.45) is 5.92 Å². The van der Waals surface area contributed by atoms with Crippen LogP contribution < -0.4 is 5.32 Å². The average Bonchev–Trinajstić information content (AvgIpc) is 3.26. The number of nitrogens with one attached hydrogen (secondary N) is 1. The van der Waals surface area contributed by atoms with E-state index in [2.05, 4.69) is 10.3 Å². The van der Waals surface area contributed by atoms with Crippen LogP contribution in [0.2, 0.25) is 10.0 Å². The van der Waals surface area contributed by atoms with Gasteiger partial charge >= 0.3 is 5.97 Å². The second-order valence-electron chi connectivity index (χ2n) is 6.94. The average molecular weight is 414 g/mol. The Hall–Kier alpha value is -1.86. The number of pyridine rings is 1. The third kappa shape index (κ3) is 4.71. The van der Waals surface area contributed by atoms with Crippen molar-refractivity contribution < 1.29 is 19.1 Å². The van der Waals surface area contributed by atoms with Gasteiger partial charge in [-0.3, -0.25) is 14.4 Å². The summed E-state index contributed by atoms with van der Waals surface area (Å²) >= 11 is 11.7. The largest absolute Gasteiger partial charge is 0.452 e. The molecule has 1 aromatic heterocycles. The molecule has 2 aliphatic rings. The first kappa shape index (κ1) is 19.9. The van der Waals surface area contributed by atoms with Crippen LogP contribution in [0, 0.1) is 5.92 Å². The molecule has 1 saturated heterocycles. The standard InChI is InChI=1S/C18H21Cl2N3O4/c1-10(17(25)22-16-14(20)7-12(19)8-21-16)27-18(26)11-6-15(24)23(9-11)13-4-2-3-5-13/h7-8,10-11,13H,2-6,9H2,1H3,(H,21,22,25)/t10-,11-/m1/s1. The van der Waals surface area contributed by atoms with E-state index >= 15 is 0 Å². The number of rotatable bonds is 5. The van der Waals surface area contributed by atoms with Gasteiger partial charge in [0.2, 0.25) is 5.91 Å². The molecule has 0 bridgehead atoms. The van der Waals surface area contributed by atoms with Gasteiger partial charge in [0.25, 0.3) is 5.91 Å². The molecule has 0 aromatic carbocycles. The summed E-state index contributed by atoms with van der Waals surface area (Å²) in [7, 11) is 0. The SMILES string of the molecule is C[C@@H](OC(=O)[C@@H]1CC(=O)N(C2CCCC2)C1)C(=O)Nc1ncc(Cl)cc1Cl. The molecule has 0 spiro atoms. The smallest absolute Gasteiger partial charge is 0.312 e. The molecule has 146 valence electrons. The highest BCUT2D eigenvalue weighted by Crippen LogP contribution is 2.30. The summed E-state index contributed by atoms with van der Waals surface area (Å²) < 4.78 is 5.26. The highest BCUT2D eigenvalue weighted by atomic mass is 35.5. The maximum atomic E-state index is 12.4. The molecule has 2 amide bonds. The molecule has 1 saturated carbocycles. The molecule has 1 aliphatic carbocycles. The number of carbonyl (C=O) groups excluding carboxylic acids is 3. The van der Waals surface area contributed by atoms with Crippen molar-refractivity contribution in [3.63, 3.8) is 0 Å². The van der Waals surface area contributed by atoms with Crippen LogP contribution in [0.4, 0.5) is 5.82 Å². The van der Waals surface area contributed by atoms with Gasteiger partial charge in [-0.2, -0.15) is 0 Å². The zero-order valence-corrected chi connectivity index (χ0v) is 16.4. The minimum atomic E-state index is -1.04. The Labute approximate surface area is 167 Å². The summed E-state index contributed by atoms with van der Waals surface area (Å²) in [5.74, 6) is -1.51. The predicted octanol–water partition coefficient (Wildman–Crippen LogP) is 3.05. The molecule has 1 aliphatic heterocycles. The molecule has 2 atom stereocenters. The van der Waals surface area contributed by atoms with E-state index in [1.54, 1.807) is 4.90 Å². The van der Waals surface area contributed by atoms with E-state index in [9.17, 15) is 14.4 Å². The summed E-state index contributed by atoms with van der Waals surface area (Å²) in [6.07, 6.45) is 4.64. The number of aromatic nitrogens is 1. The Morgan fingerprint density at radius 1 is 1.33 bits per heavy atom. The second-order valence-corrected chi connectivity index (χ2v) is 7.78. The molecule has 2 heterocycles.